The van der Waals surface area contributed by atoms with E-state index >= 15 is 0 Å². The van der Waals surface area contributed by atoms with Gasteiger partial charge in [0.25, 0.3) is 0 Å². The molecule has 0 aromatic heterocycles. The molecular formula is C17H28O4. The van der Waals surface area contributed by atoms with Crippen molar-refractivity contribution in [2.75, 3.05) is 0 Å². The fraction of sp³-hybridized carbons (Fsp3) is 0.941. The standard InChI is InChI=1S/C17H28O4/c1-16(2,12-6-8-17(3,19)9-7-12)21-15(18)11-4-5-13-14(10-11)20-13/h11-14,19H,4-10H2,1-3H3. The quantitative estimate of drug-likeness (QED) is 0.642. The second kappa shape index (κ2) is 5.24. The van der Waals surface area contributed by atoms with Crippen LogP contribution in [0.5, 0.6) is 0 Å². The van der Waals surface area contributed by atoms with Gasteiger partial charge in [-0.1, -0.05) is 0 Å². The SMILES string of the molecule is CC1(O)CCC(C(C)(C)OC(=O)C2CCC3OC3C2)CC1. The van der Waals surface area contributed by atoms with Gasteiger partial charge in [0.05, 0.1) is 23.7 Å². The number of hydrogen-bond donors (Lipinski definition) is 1. The number of esters is 1. The molecule has 4 heteroatoms. The van der Waals surface area contributed by atoms with Crippen molar-refractivity contribution in [1.82, 2.24) is 0 Å². The highest BCUT2D eigenvalue weighted by Crippen LogP contribution is 2.42. The first kappa shape index (κ1) is 15.3. The average molecular weight is 296 g/mol. The zero-order valence-corrected chi connectivity index (χ0v) is 13.4. The molecule has 0 amide bonds. The summed E-state index contributed by atoms with van der Waals surface area (Å²) in [5.41, 5.74) is -0.979. The lowest BCUT2D eigenvalue weighted by atomic mass is 9.73. The van der Waals surface area contributed by atoms with Crippen LogP contribution in [0.4, 0.5) is 0 Å². The van der Waals surface area contributed by atoms with Crippen LogP contribution in [0.3, 0.4) is 0 Å². The van der Waals surface area contributed by atoms with Crippen molar-refractivity contribution < 1.29 is 19.4 Å². The van der Waals surface area contributed by atoms with Crippen molar-refractivity contribution in [3.05, 3.63) is 0 Å². The van der Waals surface area contributed by atoms with Crippen LogP contribution < -0.4 is 0 Å². The summed E-state index contributed by atoms with van der Waals surface area (Å²) in [6, 6.07) is 0. The van der Waals surface area contributed by atoms with Gasteiger partial charge in [0.15, 0.2) is 0 Å². The minimum atomic E-state index is -0.543. The largest absolute Gasteiger partial charge is 0.459 e. The van der Waals surface area contributed by atoms with Crippen molar-refractivity contribution in [2.24, 2.45) is 11.8 Å². The number of carbonyl (C=O) groups excluding carboxylic acids is 1. The third-order valence-electron chi connectivity index (χ3n) is 5.75. The van der Waals surface area contributed by atoms with Gasteiger partial charge in [-0.25, -0.2) is 0 Å². The van der Waals surface area contributed by atoms with Crippen molar-refractivity contribution in [2.45, 2.75) is 89.1 Å². The summed E-state index contributed by atoms with van der Waals surface area (Å²) in [6.07, 6.45) is 6.88. The highest BCUT2D eigenvalue weighted by atomic mass is 16.6. The minimum absolute atomic E-state index is 0.0136. The Morgan fingerprint density at radius 2 is 1.86 bits per heavy atom. The number of carbonyl (C=O) groups is 1. The Balaban J connectivity index is 1.54. The van der Waals surface area contributed by atoms with Crippen molar-refractivity contribution in [3.8, 4) is 0 Å². The second-order valence-electron chi connectivity index (χ2n) is 8.02. The van der Waals surface area contributed by atoms with Crippen LogP contribution in [0, 0.1) is 11.8 Å². The zero-order valence-electron chi connectivity index (χ0n) is 13.4. The molecule has 0 bridgehead atoms. The predicted molar refractivity (Wildman–Crippen MR) is 78.8 cm³/mol. The zero-order chi connectivity index (χ0) is 15.3. The van der Waals surface area contributed by atoms with Gasteiger partial charge in [0.1, 0.15) is 5.60 Å². The van der Waals surface area contributed by atoms with E-state index in [0.717, 1.165) is 44.9 Å². The van der Waals surface area contributed by atoms with E-state index in [1.165, 1.54) is 0 Å². The van der Waals surface area contributed by atoms with Crippen LogP contribution >= 0.6 is 0 Å². The van der Waals surface area contributed by atoms with E-state index in [2.05, 4.69) is 0 Å². The minimum Gasteiger partial charge on any atom is -0.459 e. The van der Waals surface area contributed by atoms with E-state index in [0.29, 0.717) is 18.1 Å². The van der Waals surface area contributed by atoms with Gasteiger partial charge in [-0.05, 0) is 71.6 Å². The first-order valence-corrected chi connectivity index (χ1v) is 8.37. The molecule has 1 aliphatic heterocycles. The van der Waals surface area contributed by atoms with E-state index in [1.807, 2.05) is 20.8 Å². The second-order valence-corrected chi connectivity index (χ2v) is 8.02. The van der Waals surface area contributed by atoms with E-state index in [-0.39, 0.29) is 11.9 Å². The lowest BCUT2D eigenvalue weighted by Gasteiger charge is -2.41. The molecule has 1 saturated heterocycles. The summed E-state index contributed by atoms with van der Waals surface area (Å²) in [4.78, 5) is 12.4. The summed E-state index contributed by atoms with van der Waals surface area (Å²) in [5, 5.41) is 10.1. The van der Waals surface area contributed by atoms with E-state index in [1.54, 1.807) is 0 Å². The molecule has 1 heterocycles. The van der Waals surface area contributed by atoms with Crippen LogP contribution in [0.1, 0.15) is 65.7 Å². The maximum atomic E-state index is 12.4. The Bertz CT molecular complexity index is 405. The summed E-state index contributed by atoms with van der Waals surface area (Å²) >= 11 is 0. The maximum absolute atomic E-state index is 12.4. The molecule has 2 saturated carbocycles. The van der Waals surface area contributed by atoms with Crippen LogP contribution in [0.15, 0.2) is 0 Å². The summed E-state index contributed by atoms with van der Waals surface area (Å²) in [5.74, 6) is 0.307. The normalized spacial score (nSPS) is 43.0. The molecule has 1 N–H and O–H groups in total. The lowest BCUT2D eigenvalue weighted by Crippen LogP contribution is -2.43. The van der Waals surface area contributed by atoms with Gasteiger partial charge in [0.2, 0.25) is 0 Å². The van der Waals surface area contributed by atoms with Gasteiger partial charge in [-0.3, -0.25) is 4.79 Å². The van der Waals surface area contributed by atoms with Gasteiger partial charge < -0.3 is 14.6 Å². The topological polar surface area (TPSA) is 59.1 Å². The van der Waals surface area contributed by atoms with Crippen LogP contribution in [-0.2, 0) is 14.3 Å². The number of ether oxygens (including phenoxy) is 2. The number of fused-ring (bicyclic) bond motifs is 1. The first-order valence-electron chi connectivity index (χ1n) is 8.37. The Kier molecular flexibility index (Phi) is 3.81. The summed E-state index contributed by atoms with van der Waals surface area (Å²) < 4.78 is 11.4. The molecule has 3 rings (SSSR count). The maximum Gasteiger partial charge on any atom is 0.309 e. The third-order valence-corrected chi connectivity index (χ3v) is 5.75. The lowest BCUT2D eigenvalue weighted by molar-refractivity contribution is -0.170. The molecular weight excluding hydrogens is 268 g/mol. The van der Waals surface area contributed by atoms with Crippen molar-refractivity contribution in [3.63, 3.8) is 0 Å². The van der Waals surface area contributed by atoms with E-state index < -0.39 is 11.2 Å². The first-order chi connectivity index (χ1) is 9.77. The molecule has 0 spiro atoms. The fourth-order valence-electron chi connectivity index (χ4n) is 3.98. The Hall–Kier alpha value is -0.610. The average Bonchev–Trinajstić information content (AvgIpc) is 3.15. The van der Waals surface area contributed by atoms with Gasteiger partial charge in [-0.2, -0.15) is 0 Å². The van der Waals surface area contributed by atoms with E-state index in [9.17, 15) is 9.90 Å². The molecule has 3 fully saturated rings. The molecule has 3 atom stereocenters. The third kappa shape index (κ3) is 3.42. The summed E-state index contributed by atoms with van der Waals surface area (Å²) in [7, 11) is 0. The number of rotatable bonds is 3. The number of hydrogen-bond acceptors (Lipinski definition) is 4. The highest BCUT2D eigenvalue weighted by molar-refractivity contribution is 5.73. The van der Waals surface area contributed by atoms with Crippen LogP contribution in [0.25, 0.3) is 0 Å². The van der Waals surface area contributed by atoms with Crippen LogP contribution in [0.2, 0.25) is 0 Å². The van der Waals surface area contributed by atoms with Gasteiger partial charge in [-0.15, -0.1) is 0 Å². The molecule has 3 aliphatic rings. The summed E-state index contributed by atoms with van der Waals surface area (Å²) in [6.45, 7) is 5.94. The number of aliphatic hydroxyl groups is 1. The Labute approximate surface area is 127 Å². The molecule has 0 radical (unpaired) electrons. The molecule has 3 unspecified atom stereocenters. The predicted octanol–water partition coefficient (Wildman–Crippen LogP) is 2.82. The Morgan fingerprint density at radius 1 is 1.19 bits per heavy atom. The fourth-order valence-corrected chi connectivity index (χ4v) is 3.98. The van der Waals surface area contributed by atoms with Gasteiger partial charge in [0, 0.05) is 0 Å². The van der Waals surface area contributed by atoms with Crippen molar-refractivity contribution in [1.29, 1.82) is 0 Å². The molecule has 0 aromatic carbocycles. The number of epoxide rings is 1. The molecule has 2 aliphatic carbocycles. The van der Waals surface area contributed by atoms with Gasteiger partial charge >= 0.3 is 5.97 Å². The van der Waals surface area contributed by atoms with E-state index in [4.69, 9.17) is 9.47 Å². The van der Waals surface area contributed by atoms with Crippen molar-refractivity contribution >= 4 is 5.97 Å². The highest BCUT2D eigenvalue weighted by Gasteiger charge is 2.47. The molecule has 21 heavy (non-hydrogen) atoms. The smallest absolute Gasteiger partial charge is 0.309 e. The molecule has 120 valence electrons. The van der Waals surface area contributed by atoms with Crippen LogP contribution in [-0.4, -0.2) is 34.5 Å². The molecule has 4 nitrogen and oxygen atoms in total. The Morgan fingerprint density at radius 3 is 2.48 bits per heavy atom. The monoisotopic (exact) mass is 296 g/mol. The molecule has 0 aromatic rings.